The van der Waals surface area contributed by atoms with E-state index in [1.165, 1.54) is 69.4 Å². The minimum Gasteiger partial charge on any atom is -0.372 e. The normalized spacial score (nSPS) is 15.7. The van der Waals surface area contributed by atoms with Crippen LogP contribution in [0.15, 0.2) is 48.5 Å². The molecule has 0 saturated carbocycles. The second-order valence-corrected chi connectivity index (χ2v) is 8.76. The molecule has 34 heavy (non-hydrogen) atoms. The highest BCUT2D eigenvalue weighted by Crippen LogP contribution is 2.29. The number of anilines is 2. The van der Waals surface area contributed by atoms with Crippen molar-refractivity contribution in [2.75, 3.05) is 43.4 Å². The first kappa shape index (κ1) is 23.8. The van der Waals surface area contributed by atoms with E-state index in [-0.39, 0.29) is 5.56 Å². The van der Waals surface area contributed by atoms with Crippen LogP contribution in [0.2, 0.25) is 0 Å². The average Bonchev–Trinajstić information content (AvgIpc) is 3.47. The number of halogens is 1. The van der Waals surface area contributed by atoms with Crippen LogP contribution in [0.3, 0.4) is 0 Å². The zero-order chi connectivity index (χ0) is 23.8. The molecule has 0 radical (unpaired) electrons. The third-order valence-electron chi connectivity index (χ3n) is 6.37. The van der Waals surface area contributed by atoms with Gasteiger partial charge >= 0.3 is 0 Å². The van der Waals surface area contributed by atoms with Gasteiger partial charge in [-0.25, -0.2) is 9.07 Å². The van der Waals surface area contributed by atoms with E-state index in [0.29, 0.717) is 11.4 Å². The van der Waals surface area contributed by atoms with Gasteiger partial charge in [0.15, 0.2) is 0 Å². The number of nitrogens with one attached hydrogen (secondary N) is 2. The molecule has 2 fully saturated rings. The molecule has 2 aliphatic heterocycles. The maximum Gasteiger partial charge on any atom is 0.148 e. The summed E-state index contributed by atoms with van der Waals surface area (Å²) in [5, 5.41) is 19.9. The number of rotatable bonds is 4. The Hall–Kier alpha value is -3.37. The molecule has 5 rings (SSSR count). The predicted octanol–water partition coefficient (Wildman–Crippen LogP) is 5.34. The van der Waals surface area contributed by atoms with Crippen molar-refractivity contribution < 1.29 is 4.39 Å². The van der Waals surface area contributed by atoms with Gasteiger partial charge in [-0.05, 0) is 75.2 Å². The van der Waals surface area contributed by atoms with Crippen molar-refractivity contribution >= 4 is 11.5 Å². The molecule has 178 valence electrons. The van der Waals surface area contributed by atoms with Gasteiger partial charge in [-0.3, -0.25) is 0 Å². The molecule has 0 spiro atoms. The first-order valence-electron chi connectivity index (χ1n) is 12.2. The zero-order valence-electron chi connectivity index (χ0n) is 19.9. The summed E-state index contributed by atoms with van der Waals surface area (Å²) in [5.41, 5.74) is 3.58. The Kier molecular flexibility index (Phi) is 8.16. The standard InChI is InChI=1S/C21H20FN5.C6H13N/c1-24-21-13-20(15-4-5-16(14-23)19(22)12-15)27(25-21)18-8-6-17(7-9-18)26-10-2-3-11-26;1-2-4-6-7-5-3-1/h4-9,12-13H,2-3,10-11H2,1H3,(H,24,25);7H,1-6H2. The van der Waals surface area contributed by atoms with Crippen LogP contribution >= 0.6 is 0 Å². The molecule has 0 aliphatic carbocycles. The minimum atomic E-state index is -0.530. The van der Waals surface area contributed by atoms with Crippen LogP contribution in [0.25, 0.3) is 16.9 Å². The summed E-state index contributed by atoms with van der Waals surface area (Å²) in [5.74, 6) is 0.163. The number of hydrogen-bond acceptors (Lipinski definition) is 5. The molecule has 2 aromatic carbocycles. The molecule has 0 unspecified atom stereocenters. The van der Waals surface area contributed by atoms with Gasteiger partial charge in [0.25, 0.3) is 0 Å². The van der Waals surface area contributed by atoms with E-state index in [9.17, 15) is 4.39 Å². The van der Waals surface area contributed by atoms with E-state index in [1.807, 2.05) is 24.3 Å². The second-order valence-electron chi connectivity index (χ2n) is 8.76. The Morgan fingerprint density at radius 1 is 0.912 bits per heavy atom. The summed E-state index contributed by atoms with van der Waals surface area (Å²) in [6.45, 7) is 4.70. The smallest absolute Gasteiger partial charge is 0.148 e. The van der Waals surface area contributed by atoms with Gasteiger partial charge in [-0.15, -0.1) is 5.10 Å². The lowest BCUT2D eigenvalue weighted by Gasteiger charge is -2.18. The van der Waals surface area contributed by atoms with Crippen LogP contribution < -0.4 is 15.5 Å². The fraction of sp³-hybridized carbons (Fsp3) is 0.407. The summed E-state index contributed by atoms with van der Waals surface area (Å²) in [6.07, 6.45) is 8.13. The van der Waals surface area contributed by atoms with Crippen molar-refractivity contribution in [3.8, 4) is 23.0 Å². The van der Waals surface area contributed by atoms with Crippen molar-refractivity contribution in [3.05, 3.63) is 59.9 Å². The van der Waals surface area contributed by atoms with E-state index >= 15 is 0 Å². The molecule has 0 bridgehead atoms. The Balaban J connectivity index is 0.000000336. The Morgan fingerprint density at radius 3 is 2.21 bits per heavy atom. The second kappa shape index (κ2) is 11.7. The quantitative estimate of drug-likeness (QED) is 0.550. The van der Waals surface area contributed by atoms with Gasteiger partial charge in [0.05, 0.1) is 16.9 Å². The maximum absolute atomic E-state index is 14.1. The molecule has 1 aromatic heterocycles. The fourth-order valence-corrected chi connectivity index (χ4v) is 4.43. The van der Waals surface area contributed by atoms with Crippen LogP contribution in [0.4, 0.5) is 15.9 Å². The molecule has 3 aromatic rings. The molecular formula is C27H33FN6. The lowest BCUT2D eigenvalue weighted by Crippen LogP contribution is -2.17. The predicted molar refractivity (Wildman–Crippen MR) is 136 cm³/mol. The summed E-state index contributed by atoms with van der Waals surface area (Å²) in [7, 11) is 1.80. The SMILES string of the molecule is C1CCCNCC1.CNc1cc(-c2ccc(C#N)c(F)c2)n(-c2ccc(N3CCCC3)cc2)n1. The van der Waals surface area contributed by atoms with E-state index in [4.69, 9.17) is 5.26 Å². The van der Waals surface area contributed by atoms with Gasteiger partial charge in [0.2, 0.25) is 0 Å². The maximum atomic E-state index is 14.1. The average molecular weight is 461 g/mol. The number of nitriles is 1. The van der Waals surface area contributed by atoms with Crippen molar-refractivity contribution in [2.24, 2.45) is 0 Å². The van der Waals surface area contributed by atoms with Crippen molar-refractivity contribution in [1.82, 2.24) is 15.1 Å². The molecule has 0 atom stereocenters. The molecule has 6 nitrogen and oxygen atoms in total. The topological polar surface area (TPSA) is 68.9 Å². The minimum absolute atomic E-state index is 0.0358. The first-order valence-corrected chi connectivity index (χ1v) is 12.2. The van der Waals surface area contributed by atoms with E-state index in [1.54, 1.807) is 17.8 Å². The molecular weight excluding hydrogens is 427 g/mol. The van der Waals surface area contributed by atoms with Gasteiger partial charge in [0, 0.05) is 37.5 Å². The van der Waals surface area contributed by atoms with Gasteiger partial charge in [-0.2, -0.15) is 5.26 Å². The summed E-state index contributed by atoms with van der Waals surface area (Å²) >= 11 is 0. The van der Waals surface area contributed by atoms with Gasteiger partial charge in [-0.1, -0.05) is 18.9 Å². The van der Waals surface area contributed by atoms with Crippen LogP contribution in [0.5, 0.6) is 0 Å². The lowest BCUT2D eigenvalue weighted by atomic mass is 10.1. The fourth-order valence-electron chi connectivity index (χ4n) is 4.43. The Bertz CT molecular complexity index is 1090. The van der Waals surface area contributed by atoms with Crippen LogP contribution in [-0.4, -0.2) is 43.0 Å². The summed E-state index contributed by atoms with van der Waals surface area (Å²) < 4.78 is 15.9. The van der Waals surface area contributed by atoms with Crippen molar-refractivity contribution in [1.29, 1.82) is 5.26 Å². The van der Waals surface area contributed by atoms with Crippen LogP contribution in [-0.2, 0) is 0 Å². The Labute approximate surface area is 201 Å². The summed E-state index contributed by atoms with van der Waals surface area (Å²) in [6, 6.07) is 16.6. The summed E-state index contributed by atoms with van der Waals surface area (Å²) in [4.78, 5) is 2.38. The van der Waals surface area contributed by atoms with Gasteiger partial charge in [0.1, 0.15) is 17.7 Å². The zero-order valence-corrected chi connectivity index (χ0v) is 19.9. The molecule has 7 heteroatoms. The first-order chi connectivity index (χ1) is 16.7. The number of benzene rings is 2. The monoisotopic (exact) mass is 460 g/mol. The number of nitrogens with zero attached hydrogens (tertiary/aromatic N) is 4. The van der Waals surface area contributed by atoms with Crippen molar-refractivity contribution in [3.63, 3.8) is 0 Å². The van der Waals surface area contributed by atoms with E-state index in [2.05, 4.69) is 32.8 Å². The van der Waals surface area contributed by atoms with E-state index in [0.717, 1.165) is 24.5 Å². The molecule has 2 saturated heterocycles. The third kappa shape index (κ3) is 5.75. The third-order valence-corrected chi connectivity index (χ3v) is 6.37. The van der Waals surface area contributed by atoms with Crippen LogP contribution in [0, 0.1) is 17.1 Å². The largest absolute Gasteiger partial charge is 0.372 e. The lowest BCUT2D eigenvalue weighted by molar-refractivity contribution is 0.624. The number of hydrogen-bond donors (Lipinski definition) is 2. The van der Waals surface area contributed by atoms with E-state index < -0.39 is 5.82 Å². The highest BCUT2D eigenvalue weighted by Gasteiger charge is 2.15. The van der Waals surface area contributed by atoms with Crippen LogP contribution in [0.1, 0.15) is 44.1 Å². The highest BCUT2D eigenvalue weighted by molar-refractivity contribution is 5.67. The molecule has 2 N–H and O–H groups in total. The van der Waals surface area contributed by atoms with Crippen molar-refractivity contribution in [2.45, 2.75) is 38.5 Å². The molecule has 0 amide bonds. The van der Waals surface area contributed by atoms with Gasteiger partial charge < -0.3 is 15.5 Å². The molecule has 3 heterocycles. The molecule has 2 aliphatic rings. The highest BCUT2D eigenvalue weighted by atomic mass is 19.1. The number of aromatic nitrogens is 2. The Morgan fingerprint density at radius 2 is 1.59 bits per heavy atom.